The largest absolute Gasteiger partial charge is 0.457 e. The molecule has 0 spiro atoms. The van der Waals surface area contributed by atoms with Crippen LogP contribution in [0.3, 0.4) is 0 Å². The summed E-state index contributed by atoms with van der Waals surface area (Å²) in [6.07, 6.45) is 1.48. The first-order valence-corrected chi connectivity index (χ1v) is 8.79. The number of amides is 1. The number of nitriles is 1. The molecule has 27 heavy (non-hydrogen) atoms. The summed E-state index contributed by atoms with van der Waals surface area (Å²) < 4.78 is 5.77. The van der Waals surface area contributed by atoms with Gasteiger partial charge in [-0.15, -0.1) is 0 Å². The lowest BCUT2D eigenvalue weighted by atomic mass is 10.1. The number of furan rings is 1. The topological polar surface area (TPSA) is 77.5 Å². The number of hydrogen-bond acceptors (Lipinski definition) is 5. The van der Waals surface area contributed by atoms with E-state index in [1.54, 1.807) is 29.2 Å². The van der Waals surface area contributed by atoms with Crippen molar-refractivity contribution in [2.24, 2.45) is 0 Å². The van der Waals surface area contributed by atoms with Gasteiger partial charge in [0.25, 0.3) is 5.91 Å². The van der Waals surface area contributed by atoms with E-state index in [0.29, 0.717) is 30.2 Å². The fourth-order valence-electron chi connectivity index (χ4n) is 2.92. The van der Waals surface area contributed by atoms with Crippen molar-refractivity contribution < 1.29 is 14.0 Å². The zero-order valence-electron chi connectivity index (χ0n) is 15.4. The molecule has 0 atom stereocenters. The molecule has 0 radical (unpaired) electrons. The minimum Gasteiger partial charge on any atom is -0.457 e. The van der Waals surface area contributed by atoms with Crippen LogP contribution in [0.4, 0.5) is 0 Å². The highest BCUT2D eigenvalue weighted by Crippen LogP contribution is 2.24. The predicted octanol–water partition coefficient (Wildman–Crippen LogP) is 2.83. The Hall–Kier alpha value is -3.17. The number of rotatable bonds is 4. The van der Waals surface area contributed by atoms with Gasteiger partial charge < -0.3 is 14.2 Å². The van der Waals surface area contributed by atoms with Crippen LogP contribution in [0.1, 0.15) is 23.0 Å². The summed E-state index contributed by atoms with van der Waals surface area (Å²) in [5.74, 6) is 0.792. The quantitative estimate of drug-likeness (QED) is 0.474. The van der Waals surface area contributed by atoms with Crippen LogP contribution >= 0.6 is 0 Å². The summed E-state index contributed by atoms with van der Waals surface area (Å²) in [7, 11) is 2.01. The Bertz CT molecular complexity index is 911. The zero-order valence-corrected chi connectivity index (χ0v) is 15.4. The molecule has 2 aromatic rings. The van der Waals surface area contributed by atoms with E-state index in [4.69, 9.17) is 4.42 Å². The average Bonchev–Trinajstić information content (AvgIpc) is 3.15. The van der Waals surface area contributed by atoms with Crippen molar-refractivity contribution in [3.63, 3.8) is 0 Å². The van der Waals surface area contributed by atoms with Gasteiger partial charge in [-0.3, -0.25) is 9.59 Å². The normalized spacial score (nSPS) is 15.4. The summed E-state index contributed by atoms with van der Waals surface area (Å²) in [4.78, 5) is 27.8. The minimum atomic E-state index is -0.269. The summed E-state index contributed by atoms with van der Waals surface area (Å²) in [6.45, 7) is 4.34. The molecule has 6 nitrogen and oxygen atoms in total. The third-order valence-electron chi connectivity index (χ3n) is 4.63. The number of Topliss-reactive ketones (excluding diaryl/α,β-unsaturated/α-hetero) is 1. The number of likely N-dealkylation sites (N-methyl/N-ethyl adjacent to an activating group) is 1. The molecular weight excluding hydrogens is 342 g/mol. The van der Waals surface area contributed by atoms with Crippen molar-refractivity contribution in [2.75, 3.05) is 33.2 Å². The highest BCUT2D eigenvalue weighted by atomic mass is 16.3. The second-order valence-electron chi connectivity index (χ2n) is 6.60. The fraction of sp³-hybridized carbons (Fsp3) is 0.286. The molecule has 1 aliphatic heterocycles. The molecule has 0 saturated carbocycles. The van der Waals surface area contributed by atoms with Gasteiger partial charge >= 0.3 is 0 Å². The van der Waals surface area contributed by atoms with Gasteiger partial charge in [-0.25, -0.2) is 0 Å². The molecule has 1 aromatic carbocycles. The maximum Gasteiger partial charge on any atom is 0.264 e. The van der Waals surface area contributed by atoms with Crippen molar-refractivity contribution >= 4 is 17.8 Å². The number of benzene rings is 1. The fourth-order valence-corrected chi connectivity index (χ4v) is 2.92. The van der Waals surface area contributed by atoms with Gasteiger partial charge in [0.2, 0.25) is 0 Å². The summed E-state index contributed by atoms with van der Waals surface area (Å²) in [6, 6.07) is 12.6. The second kappa shape index (κ2) is 8.02. The van der Waals surface area contributed by atoms with Gasteiger partial charge in [0, 0.05) is 43.4 Å². The molecule has 1 fully saturated rings. The molecule has 0 unspecified atom stereocenters. The Morgan fingerprint density at radius 1 is 1.07 bits per heavy atom. The van der Waals surface area contributed by atoms with Crippen LogP contribution in [0.2, 0.25) is 0 Å². The number of carbonyl (C=O) groups is 2. The number of carbonyl (C=O) groups excluding carboxylic acids is 2. The molecule has 1 aliphatic rings. The van der Waals surface area contributed by atoms with E-state index in [2.05, 4.69) is 4.90 Å². The predicted molar refractivity (Wildman–Crippen MR) is 102 cm³/mol. The molecule has 0 bridgehead atoms. The lowest BCUT2D eigenvalue weighted by Gasteiger charge is -2.32. The molecule has 2 heterocycles. The van der Waals surface area contributed by atoms with E-state index in [-0.39, 0.29) is 17.3 Å². The van der Waals surface area contributed by atoms with Crippen LogP contribution in [0.25, 0.3) is 17.4 Å². The summed E-state index contributed by atoms with van der Waals surface area (Å²) in [5.41, 5.74) is 1.52. The van der Waals surface area contributed by atoms with E-state index in [1.165, 1.54) is 13.0 Å². The molecule has 0 aliphatic carbocycles. The van der Waals surface area contributed by atoms with Crippen LogP contribution in [-0.2, 0) is 4.79 Å². The van der Waals surface area contributed by atoms with E-state index in [1.807, 2.05) is 25.2 Å². The van der Waals surface area contributed by atoms with Crippen LogP contribution in [0.15, 0.2) is 46.4 Å². The van der Waals surface area contributed by atoms with Gasteiger partial charge in [0.15, 0.2) is 5.78 Å². The SMILES string of the molecule is CC(=O)c1ccc(-c2ccc(/C=C(\C#N)C(=O)N3CCN(C)CC3)o2)cc1. The highest BCUT2D eigenvalue weighted by molar-refractivity contribution is 6.01. The molecule has 138 valence electrons. The Morgan fingerprint density at radius 2 is 1.74 bits per heavy atom. The molecule has 1 aromatic heterocycles. The van der Waals surface area contributed by atoms with Gasteiger partial charge in [0.05, 0.1) is 0 Å². The lowest BCUT2D eigenvalue weighted by Crippen LogP contribution is -2.47. The first-order chi connectivity index (χ1) is 13.0. The lowest BCUT2D eigenvalue weighted by molar-refractivity contribution is -0.128. The number of hydrogen-bond donors (Lipinski definition) is 0. The Kier molecular flexibility index (Phi) is 5.53. The maximum atomic E-state index is 12.6. The van der Waals surface area contributed by atoms with Crippen molar-refractivity contribution in [2.45, 2.75) is 6.92 Å². The van der Waals surface area contributed by atoms with Gasteiger partial charge in [-0.05, 0) is 26.1 Å². The average molecular weight is 363 g/mol. The number of piperazine rings is 1. The zero-order chi connectivity index (χ0) is 19.4. The Morgan fingerprint density at radius 3 is 2.33 bits per heavy atom. The van der Waals surface area contributed by atoms with Crippen LogP contribution in [-0.4, -0.2) is 54.7 Å². The Balaban J connectivity index is 1.77. The van der Waals surface area contributed by atoms with Gasteiger partial charge in [-0.1, -0.05) is 24.3 Å². The van der Waals surface area contributed by atoms with Gasteiger partial charge in [0.1, 0.15) is 23.2 Å². The van der Waals surface area contributed by atoms with E-state index in [9.17, 15) is 14.9 Å². The first kappa shape index (κ1) is 18.6. The Labute approximate surface area is 158 Å². The molecule has 3 rings (SSSR count). The minimum absolute atomic E-state index is 0.00528. The summed E-state index contributed by atoms with van der Waals surface area (Å²) in [5, 5.41) is 9.40. The second-order valence-corrected chi connectivity index (χ2v) is 6.60. The molecular formula is C21H21N3O3. The standard InChI is InChI=1S/C21H21N3O3/c1-15(25)16-3-5-17(6-4-16)20-8-7-19(27-20)13-18(14-22)21(26)24-11-9-23(2)10-12-24/h3-8,13H,9-12H2,1-2H3/b18-13+. The maximum absolute atomic E-state index is 12.6. The molecule has 1 saturated heterocycles. The smallest absolute Gasteiger partial charge is 0.264 e. The molecule has 0 N–H and O–H groups in total. The van der Waals surface area contributed by atoms with E-state index in [0.717, 1.165) is 18.7 Å². The van der Waals surface area contributed by atoms with Crippen LogP contribution < -0.4 is 0 Å². The number of ketones is 1. The third-order valence-corrected chi connectivity index (χ3v) is 4.63. The molecule has 6 heteroatoms. The van der Waals surface area contributed by atoms with Crippen molar-refractivity contribution in [1.29, 1.82) is 5.26 Å². The van der Waals surface area contributed by atoms with Crippen molar-refractivity contribution in [1.82, 2.24) is 9.80 Å². The van der Waals surface area contributed by atoms with Crippen LogP contribution in [0.5, 0.6) is 0 Å². The van der Waals surface area contributed by atoms with Crippen LogP contribution in [0, 0.1) is 11.3 Å². The van der Waals surface area contributed by atoms with E-state index < -0.39 is 0 Å². The monoisotopic (exact) mass is 363 g/mol. The third kappa shape index (κ3) is 4.33. The van der Waals surface area contributed by atoms with Gasteiger partial charge in [-0.2, -0.15) is 5.26 Å². The van der Waals surface area contributed by atoms with E-state index >= 15 is 0 Å². The molecule has 1 amide bonds. The highest BCUT2D eigenvalue weighted by Gasteiger charge is 2.22. The van der Waals surface area contributed by atoms with Crippen molar-refractivity contribution in [3.8, 4) is 17.4 Å². The van der Waals surface area contributed by atoms with Crippen molar-refractivity contribution in [3.05, 3.63) is 53.3 Å². The number of nitrogens with zero attached hydrogens (tertiary/aromatic N) is 3. The first-order valence-electron chi connectivity index (χ1n) is 8.79. The summed E-state index contributed by atoms with van der Waals surface area (Å²) >= 11 is 0.